The second kappa shape index (κ2) is 18.2. The Morgan fingerprint density at radius 3 is 1.54 bits per heavy atom. The molecule has 2 N–H and O–H groups in total. The van der Waals surface area contributed by atoms with Crippen molar-refractivity contribution in [1.82, 2.24) is 9.13 Å². The predicted molar refractivity (Wildman–Crippen MR) is 208 cm³/mol. The van der Waals surface area contributed by atoms with Gasteiger partial charge in [-0.15, -0.1) is 22.7 Å². The van der Waals surface area contributed by atoms with E-state index in [0.717, 1.165) is 73.3 Å². The maximum atomic E-state index is 12.7. The summed E-state index contributed by atoms with van der Waals surface area (Å²) in [6.07, 6.45) is 1.71. The van der Waals surface area contributed by atoms with Gasteiger partial charge in [0, 0.05) is 57.8 Å². The van der Waals surface area contributed by atoms with Gasteiger partial charge in [0.2, 0.25) is 11.6 Å². The molecule has 0 spiro atoms. The number of benzene rings is 2. The Morgan fingerprint density at radius 2 is 1.16 bits per heavy atom. The molecule has 0 bridgehead atoms. The molecule has 6 aromatic rings. The molecular formula is C38H46N6O4S2. The second-order valence-electron chi connectivity index (χ2n) is 11.2. The van der Waals surface area contributed by atoms with E-state index in [1.165, 1.54) is 17.0 Å². The van der Waals surface area contributed by atoms with Crippen molar-refractivity contribution in [2.75, 3.05) is 27.3 Å². The molecule has 4 heterocycles. The minimum absolute atomic E-state index is 0. The minimum atomic E-state index is 0. The molecule has 6 rings (SSSR count). The first-order valence-electron chi connectivity index (χ1n) is 15.6. The fourth-order valence-electron chi connectivity index (χ4n) is 5.49. The molecule has 0 aliphatic rings. The fraction of sp³-hybridized carbons (Fsp3) is 0.316. The summed E-state index contributed by atoms with van der Waals surface area (Å²) in [6.45, 7) is 6.94. The van der Waals surface area contributed by atoms with E-state index in [1.54, 1.807) is 62.0 Å². The Kier molecular flexibility index (Phi) is 14.4. The molecule has 0 amide bonds. The Hall–Kier alpha value is -4.87. The number of rotatable bonds is 13. The average molecular weight is 715 g/mol. The van der Waals surface area contributed by atoms with Gasteiger partial charge in [-0.3, -0.25) is 9.59 Å². The molecule has 0 aliphatic heterocycles. The third-order valence-corrected chi connectivity index (χ3v) is 10.3. The molecule has 12 heteroatoms. The van der Waals surface area contributed by atoms with E-state index in [2.05, 4.69) is 38.2 Å². The number of aryl methyl sites for hydroxylation is 4. The Morgan fingerprint density at radius 1 is 0.740 bits per heavy atom. The molecule has 2 aromatic carbocycles. The van der Waals surface area contributed by atoms with Crippen LogP contribution in [0, 0.1) is 13.8 Å². The molecule has 0 atom stereocenters. The number of aromatic nitrogens is 2. The van der Waals surface area contributed by atoms with Gasteiger partial charge < -0.3 is 24.3 Å². The van der Waals surface area contributed by atoms with Crippen molar-refractivity contribution < 1.29 is 19.1 Å². The van der Waals surface area contributed by atoms with E-state index >= 15 is 0 Å². The highest BCUT2D eigenvalue weighted by molar-refractivity contribution is 7.21. The number of thiophene rings is 2. The van der Waals surface area contributed by atoms with Gasteiger partial charge in [-0.1, -0.05) is 20.0 Å². The number of carbonyl (C=O) groups excluding carboxylic acids is 2. The van der Waals surface area contributed by atoms with Crippen LogP contribution in [0.15, 0.2) is 77.9 Å². The number of methoxy groups -OCH3 is 2. The van der Waals surface area contributed by atoms with Crippen LogP contribution in [0.4, 0.5) is 0 Å². The zero-order chi connectivity index (χ0) is 34.2. The lowest BCUT2D eigenvalue weighted by Gasteiger charge is -2.05. The van der Waals surface area contributed by atoms with Crippen molar-refractivity contribution in [2.45, 2.75) is 54.6 Å². The van der Waals surface area contributed by atoms with Gasteiger partial charge in [0.1, 0.15) is 21.2 Å². The SMILES string of the molecule is C.C.COc1ccc(C(=O)c2cc3cc(C)n(CCCN)c3s2)cc1.COc1ccc(C(=O)c2cc3cc(C)n(CCCN=[N+]=[N-])c3s2)cc1. The summed E-state index contributed by atoms with van der Waals surface area (Å²) in [6, 6.07) is 22.5. The van der Waals surface area contributed by atoms with Crippen LogP contribution >= 0.6 is 22.7 Å². The molecule has 0 fully saturated rings. The Balaban J connectivity index is 0.000000261. The zero-order valence-electron chi connectivity index (χ0n) is 27.4. The minimum Gasteiger partial charge on any atom is -0.497 e. The van der Waals surface area contributed by atoms with Gasteiger partial charge in [-0.25, -0.2) is 0 Å². The number of ketones is 2. The van der Waals surface area contributed by atoms with Crippen LogP contribution < -0.4 is 15.2 Å². The molecule has 4 aromatic heterocycles. The summed E-state index contributed by atoms with van der Waals surface area (Å²) < 4.78 is 14.7. The molecule has 0 unspecified atom stereocenters. The maximum Gasteiger partial charge on any atom is 0.203 e. The lowest BCUT2D eigenvalue weighted by molar-refractivity contribution is 0.103. The van der Waals surface area contributed by atoms with Crippen molar-refractivity contribution in [1.29, 1.82) is 0 Å². The van der Waals surface area contributed by atoms with Crippen LogP contribution in [0.1, 0.15) is 69.6 Å². The largest absolute Gasteiger partial charge is 0.497 e. The monoisotopic (exact) mass is 714 g/mol. The Labute approximate surface area is 301 Å². The van der Waals surface area contributed by atoms with Gasteiger partial charge in [-0.05, 0) is 112 Å². The molecule has 0 aliphatic carbocycles. The highest BCUT2D eigenvalue weighted by Crippen LogP contribution is 2.32. The van der Waals surface area contributed by atoms with Gasteiger partial charge in [-0.2, -0.15) is 0 Å². The number of nitrogens with zero attached hydrogens (tertiary/aromatic N) is 5. The third-order valence-electron chi connectivity index (χ3n) is 7.99. The lowest BCUT2D eigenvalue weighted by atomic mass is 10.1. The first-order chi connectivity index (χ1) is 23.3. The van der Waals surface area contributed by atoms with E-state index in [4.69, 9.17) is 20.7 Å². The zero-order valence-corrected chi connectivity index (χ0v) is 29.1. The summed E-state index contributed by atoms with van der Waals surface area (Å²) in [5.41, 5.74) is 17.7. The third kappa shape index (κ3) is 8.83. The number of carbonyl (C=O) groups is 2. The molecule has 0 radical (unpaired) electrons. The van der Waals surface area contributed by atoms with Crippen LogP contribution in [0.25, 0.3) is 30.9 Å². The summed E-state index contributed by atoms with van der Waals surface area (Å²) >= 11 is 3.05. The molecule has 264 valence electrons. The van der Waals surface area contributed by atoms with Gasteiger partial charge in [0.25, 0.3) is 0 Å². The highest BCUT2D eigenvalue weighted by Gasteiger charge is 2.18. The molecular weight excluding hydrogens is 669 g/mol. The maximum absolute atomic E-state index is 12.7. The first kappa shape index (κ1) is 39.6. The average Bonchev–Trinajstić information content (AvgIpc) is 3.85. The van der Waals surface area contributed by atoms with Crippen molar-refractivity contribution in [2.24, 2.45) is 10.8 Å². The molecule has 0 saturated heterocycles. The van der Waals surface area contributed by atoms with Crippen LogP contribution in [0.3, 0.4) is 0 Å². The molecule has 0 saturated carbocycles. The number of ether oxygens (including phenoxy) is 2. The van der Waals surface area contributed by atoms with E-state index < -0.39 is 0 Å². The van der Waals surface area contributed by atoms with E-state index in [1.807, 2.05) is 31.2 Å². The Bertz CT molecular complexity index is 2080. The number of hydrogen-bond donors (Lipinski definition) is 1. The first-order valence-corrected chi connectivity index (χ1v) is 17.2. The van der Waals surface area contributed by atoms with Gasteiger partial charge >= 0.3 is 0 Å². The summed E-state index contributed by atoms with van der Waals surface area (Å²) in [5, 5.41) is 5.77. The lowest BCUT2D eigenvalue weighted by Crippen LogP contribution is -2.06. The number of azide groups is 1. The van der Waals surface area contributed by atoms with E-state index in [0.29, 0.717) is 24.2 Å². The quantitative estimate of drug-likeness (QED) is 0.0417. The molecule has 50 heavy (non-hydrogen) atoms. The summed E-state index contributed by atoms with van der Waals surface area (Å²) in [5.74, 6) is 1.55. The number of fused-ring (bicyclic) bond motifs is 2. The highest BCUT2D eigenvalue weighted by atomic mass is 32.1. The van der Waals surface area contributed by atoms with E-state index in [9.17, 15) is 9.59 Å². The van der Waals surface area contributed by atoms with Crippen molar-refractivity contribution >= 4 is 54.7 Å². The van der Waals surface area contributed by atoms with Crippen molar-refractivity contribution in [3.05, 3.63) is 116 Å². The van der Waals surface area contributed by atoms with Crippen LogP contribution in [-0.4, -0.2) is 48.0 Å². The number of hydrogen-bond acceptors (Lipinski definition) is 8. The standard InChI is InChI=1S/C18H18N4O2S.C18H20N2O2S.2CH4/c1-12-10-14-11-16(17(23)13-4-6-15(24-2)7-5-13)25-18(14)22(12)9-3-8-20-21-19;1-12-10-14-11-16(23-18(14)20(12)9-3-8-19)17(21)13-4-6-15(22-2)7-5-13;;/h4-7,10-11H,3,8-9H2,1-2H3;4-7,10-11H,3,8-9,19H2,1-2H3;2*1H4. The summed E-state index contributed by atoms with van der Waals surface area (Å²) in [4.78, 5) is 31.9. The van der Waals surface area contributed by atoms with Gasteiger partial charge in [0.15, 0.2) is 0 Å². The predicted octanol–water partition coefficient (Wildman–Crippen LogP) is 9.82. The topological polar surface area (TPSA) is 137 Å². The second-order valence-corrected chi connectivity index (χ2v) is 13.2. The normalized spacial score (nSPS) is 10.4. The van der Waals surface area contributed by atoms with Crippen LogP contribution in [-0.2, 0) is 13.1 Å². The van der Waals surface area contributed by atoms with Crippen LogP contribution in [0.5, 0.6) is 11.5 Å². The number of nitrogens with two attached hydrogens (primary N) is 1. The summed E-state index contributed by atoms with van der Waals surface area (Å²) in [7, 11) is 3.22. The van der Waals surface area contributed by atoms with E-state index in [-0.39, 0.29) is 26.4 Å². The van der Waals surface area contributed by atoms with Crippen LogP contribution in [0.2, 0.25) is 0 Å². The van der Waals surface area contributed by atoms with Crippen molar-refractivity contribution in [3.8, 4) is 11.5 Å². The van der Waals surface area contributed by atoms with Crippen molar-refractivity contribution in [3.63, 3.8) is 0 Å². The smallest absolute Gasteiger partial charge is 0.203 e. The fourth-order valence-corrected chi connectivity index (χ4v) is 7.86. The van der Waals surface area contributed by atoms with Gasteiger partial charge in [0.05, 0.1) is 24.0 Å². The molecule has 10 nitrogen and oxygen atoms in total.